The van der Waals surface area contributed by atoms with E-state index < -0.39 is 0 Å². The molecule has 2 aromatic carbocycles. The van der Waals surface area contributed by atoms with Gasteiger partial charge in [0.1, 0.15) is 16.6 Å². The molecule has 1 aliphatic heterocycles. The highest BCUT2D eigenvalue weighted by molar-refractivity contribution is 7.09. The quantitative estimate of drug-likeness (QED) is 0.586. The third kappa shape index (κ3) is 5.83. The van der Waals surface area contributed by atoms with Crippen molar-refractivity contribution >= 4 is 17.4 Å². The van der Waals surface area contributed by atoms with Crippen molar-refractivity contribution < 1.29 is 13.9 Å². The second kappa shape index (κ2) is 10.6. The molecule has 1 N–H and O–H groups in total. The van der Waals surface area contributed by atoms with Crippen LogP contribution in [0.5, 0.6) is 5.75 Å². The molecule has 1 aliphatic rings. The summed E-state index contributed by atoms with van der Waals surface area (Å²) >= 11 is 1.61. The number of ether oxygens (including phenoxy) is 1. The summed E-state index contributed by atoms with van der Waals surface area (Å²) in [6, 6.07) is 14.3. The van der Waals surface area contributed by atoms with Gasteiger partial charge in [-0.1, -0.05) is 12.1 Å². The molecule has 1 saturated heterocycles. The van der Waals surface area contributed by atoms with E-state index in [4.69, 9.17) is 9.72 Å². The van der Waals surface area contributed by atoms with E-state index in [1.165, 1.54) is 17.7 Å². The average Bonchev–Trinajstić information content (AvgIpc) is 3.29. The third-order valence-corrected chi connectivity index (χ3v) is 6.39. The van der Waals surface area contributed by atoms with Crippen molar-refractivity contribution in [2.24, 2.45) is 0 Å². The van der Waals surface area contributed by atoms with E-state index in [1.54, 1.807) is 30.6 Å². The summed E-state index contributed by atoms with van der Waals surface area (Å²) in [7, 11) is 1.65. The summed E-state index contributed by atoms with van der Waals surface area (Å²) in [5, 5.41) is 6.06. The molecule has 1 aromatic heterocycles. The van der Waals surface area contributed by atoms with Crippen LogP contribution in [0.4, 0.5) is 9.18 Å². The number of piperazine rings is 1. The standard InChI is InChI=1S/C24H27FN4O2S/c1-31-21-8-2-18(3-9-21)10-11-26-24(30)29-14-12-28(13-15-29)16-23-27-22(17-32-23)19-4-6-20(25)7-5-19/h2-9,17H,10-16H2,1H3,(H,26,30). The highest BCUT2D eigenvalue weighted by Crippen LogP contribution is 2.23. The predicted octanol–water partition coefficient (Wildman–Crippen LogP) is 4.03. The molecule has 1 fully saturated rings. The topological polar surface area (TPSA) is 57.7 Å². The van der Waals surface area contributed by atoms with Crippen molar-refractivity contribution in [3.63, 3.8) is 0 Å². The maximum absolute atomic E-state index is 13.1. The van der Waals surface area contributed by atoms with Crippen LogP contribution in [-0.4, -0.2) is 60.6 Å². The molecule has 2 amide bonds. The maximum Gasteiger partial charge on any atom is 0.317 e. The molecule has 0 radical (unpaired) electrons. The van der Waals surface area contributed by atoms with Gasteiger partial charge in [0.2, 0.25) is 0 Å². The number of rotatable bonds is 7. The molecule has 0 saturated carbocycles. The Hall–Kier alpha value is -2.97. The summed E-state index contributed by atoms with van der Waals surface area (Å²) in [5.41, 5.74) is 2.96. The van der Waals surface area contributed by atoms with E-state index in [1.807, 2.05) is 34.5 Å². The zero-order valence-electron chi connectivity index (χ0n) is 18.1. The average molecular weight is 455 g/mol. The Bertz CT molecular complexity index is 1020. The van der Waals surface area contributed by atoms with Gasteiger partial charge in [-0.05, 0) is 48.4 Å². The van der Waals surface area contributed by atoms with Crippen LogP contribution in [0.1, 0.15) is 10.6 Å². The first kappa shape index (κ1) is 22.2. The molecular weight excluding hydrogens is 427 g/mol. The lowest BCUT2D eigenvalue weighted by Crippen LogP contribution is -2.51. The minimum absolute atomic E-state index is 0.00833. The fourth-order valence-electron chi connectivity index (χ4n) is 3.65. The van der Waals surface area contributed by atoms with Gasteiger partial charge >= 0.3 is 6.03 Å². The summed E-state index contributed by atoms with van der Waals surface area (Å²) in [5.74, 6) is 0.590. The minimum atomic E-state index is -0.244. The summed E-state index contributed by atoms with van der Waals surface area (Å²) in [4.78, 5) is 21.4. The van der Waals surface area contributed by atoms with Crippen LogP contribution in [0.3, 0.4) is 0 Å². The van der Waals surface area contributed by atoms with Crippen LogP contribution in [0.25, 0.3) is 11.3 Å². The van der Waals surface area contributed by atoms with Gasteiger partial charge < -0.3 is 15.0 Å². The Labute approximate surface area is 191 Å². The Balaban J connectivity index is 1.19. The third-order valence-electron chi connectivity index (χ3n) is 5.56. The number of thiazole rings is 1. The van der Waals surface area contributed by atoms with E-state index >= 15 is 0 Å². The van der Waals surface area contributed by atoms with Gasteiger partial charge in [0.25, 0.3) is 0 Å². The minimum Gasteiger partial charge on any atom is -0.497 e. The highest BCUT2D eigenvalue weighted by atomic mass is 32.1. The van der Waals surface area contributed by atoms with Gasteiger partial charge in [-0.25, -0.2) is 14.2 Å². The van der Waals surface area contributed by atoms with Crippen molar-refractivity contribution in [2.75, 3.05) is 39.8 Å². The fraction of sp³-hybridized carbons (Fsp3) is 0.333. The first-order chi connectivity index (χ1) is 15.6. The molecular formula is C24H27FN4O2S. The Morgan fingerprint density at radius 1 is 1.09 bits per heavy atom. The number of amides is 2. The lowest BCUT2D eigenvalue weighted by molar-refractivity contribution is 0.135. The van der Waals surface area contributed by atoms with E-state index in [9.17, 15) is 9.18 Å². The molecule has 0 unspecified atom stereocenters. The van der Waals surface area contributed by atoms with Gasteiger partial charge in [0.15, 0.2) is 0 Å². The summed E-state index contributed by atoms with van der Waals surface area (Å²) < 4.78 is 18.3. The van der Waals surface area contributed by atoms with Gasteiger partial charge in [-0.2, -0.15) is 0 Å². The zero-order valence-corrected chi connectivity index (χ0v) is 18.9. The Morgan fingerprint density at radius 2 is 1.81 bits per heavy atom. The molecule has 3 aromatic rings. The SMILES string of the molecule is COc1ccc(CCNC(=O)N2CCN(Cc3nc(-c4ccc(F)cc4)cs3)CC2)cc1. The molecule has 0 atom stereocenters. The van der Waals surface area contributed by atoms with Gasteiger partial charge in [0, 0.05) is 43.7 Å². The van der Waals surface area contributed by atoms with Crippen LogP contribution in [0.15, 0.2) is 53.9 Å². The van der Waals surface area contributed by atoms with E-state index in [0.29, 0.717) is 19.6 Å². The van der Waals surface area contributed by atoms with E-state index in [0.717, 1.165) is 48.1 Å². The number of benzene rings is 2. The second-order valence-electron chi connectivity index (χ2n) is 7.73. The lowest BCUT2D eigenvalue weighted by Gasteiger charge is -2.34. The van der Waals surface area contributed by atoms with Crippen molar-refractivity contribution in [3.8, 4) is 17.0 Å². The first-order valence-corrected chi connectivity index (χ1v) is 11.6. The van der Waals surface area contributed by atoms with Crippen LogP contribution >= 0.6 is 11.3 Å². The molecule has 168 valence electrons. The summed E-state index contributed by atoms with van der Waals surface area (Å²) in [6.07, 6.45) is 0.788. The molecule has 0 bridgehead atoms. The normalized spacial score (nSPS) is 14.4. The molecule has 0 aliphatic carbocycles. The van der Waals surface area contributed by atoms with Crippen LogP contribution in [-0.2, 0) is 13.0 Å². The number of carbonyl (C=O) groups is 1. The van der Waals surface area contributed by atoms with E-state index in [2.05, 4.69) is 10.2 Å². The number of aromatic nitrogens is 1. The monoisotopic (exact) mass is 454 g/mol. The fourth-order valence-corrected chi connectivity index (χ4v) is 4.50. The largest absolute Gasteiger partial charge is 0.497 e. The molecule has 6 nitrogen and oxygen atoms in total. The van der Waals surface area contributed by atoms with Crippen LogP contribution in [0, 0.1) is 5.82 Å². The van der Waals surface area contributed by atoms with Crippen molar-refractivity contribution in [3.05, 3.63) is 70.3 Å². The van der Waals surface area contributed by atoms with Gasteiger partial charge in [-0.3, -0.25) is 4.90 Å². The number of nitrogens with zero attached hydrogens (tertiary/aromatic N) is 3. The molecule has 8 heteroatoms. The Kier molecular flexibility index (Phi) is 7.34. The highest BCUT2D eigenvalue weighted by Gasteiger charge is 2.21. The number of nitrogens with one attached hydrogen (secondary N) is 1. The van der Waals surface area contributed by atoms with Crippen LogP contribution in [0.2, 0.25) is 0 Å². The van der Waals surface area contributed by atoms with Gasteiger partial charge in [0.05, 0.1) is 19.3 Å². The van der Waals surface area contributed by atoms with Crippen molar-refractivity contribution in [1.29, 1.82) is 0 Å². The summed E-state index contributed by atoms with van der Waals surface area (Å²) in [6.45, 7) is 4.40. The number of halogens is 1. The maximum atomic E-state index is 13.1. The number of carbonyl (C=O) groups excluding carboxylic acids is 1. The van der Waals surface area contributed by atoms with Crippen molar-refractivity contribution in [1.82, 2.24) is 20.1 Å². The lowest BCUT2D eigenvalue weighted by atomic mass is 10.1. The zero-order chi connectivity index (χ0) is 22.3. The first-order valence-electron chi connectivity index (χ1n) is 10.7. The number of urea groups is 1. The van der Waals surface area contributed by atoms with Crippen LogP contribution < -0.4 is 10.1 Å². The molecule has 2 heterocycles. The number of methoxy groups -OCH3 is 1. The smallest absolute Gasteiger partial charge is 0.317 e. The van der Waals surface area contributed by atoms with Gasteiger partial charge in [-0.15, -0.1) is 11.3 Å². The predicted molar refractivity (Wildman–Crippen MR) is 124 cm³/mol. The molecule has 4 rings (SSSR count). The van der Waals surface area contributed by atoms with E-state index in [-0.39, 0.29) is 11.8 Å². The number of hydrogen-bond acceptors (Lipinski definition) is 5. The number of hydrogen-bond donors (Lipinski definition) is 1. The van der Waals surface area contributed by atoms with Crippen molar-refractivity contribution in [2.45, 2.75) is 13.0 Å². The molecule has 0 spiro atoms. The Morgan fingerprint density at radius 3 is 2.50 bits per heavy atom. The molecule has 32 heavy (non-hydrogen) atoms. The second-order valence-corrected chi connectivity index (χ2v) is 8.67.